The first-order valence-electron chi connectivity index (χ1n) is 5.18. The van der Waals surface area contributed by atoms with Crippen molar-refractivity contribution < 1.29 is 10.2 Å². The Balaban J connectivity index is 2.11. The summed E-state index contributed by atoms with van der Waals surface area (Å²) in [6.07, 6.45) is 2.81. The van der Waals surface area contributed by atoms with Gasteiger partial charge in [0.2, 0.25) is 0 Å². The summed E-state index contributed by atoms with van der Waals surface area (Å²) in [5.74, 6) is 0.242. The summed E-state index contributed by atoms with van der Waals surface area (Å²) in [5.41, 5.74) is 3.06. The number of pyridine rings is 1. The first kappa shape index (κ1) is 13.5. The number of aromatic hydroxyl groups is 2. The van der Waals surface area contributed by atoms with Crippen LogP contribution in [0.2, 0.25) is 10.0 Å². The van der Waals surface area contributed by atoms with E-state index in [0.29, 0.717) is 21.4 Å². The van der Waals surface area contributed by atoms with Crippen LogP contribution < -0.4 is 5.43 Å². The second kappa shape index (κ2) is 5.77. The van der Waals surface area contributed by atoms with Crippen molar-refractivity contribution in [2.45, 2.75) is 0 Å². The number of phenolic OH excluding ortho intramolecular Hbond substituents is 2. The Morgan fingerprint density at radius 3 is 2.68 bits per heavy atom. The smallest absolute Gasteiger partial charge is 0.165 e. The van der Waals surface area contributed by atoms with Crippen LogP contribution in [0.3, 0.4) is 0 Å². The van der Waals surface area contributed by atoms with Gasteiger partial charge >= 0.3 is 0 Å². The Morgan fingerprint density at radius 1 is 1.21 bits per heavy atom. The molecule has 98 valence electrons. The van der Waals surface area contributed by atoms with E-state index in [-0.39, 0.29) is 11.5 Å². The average Bonchev–Trinajstić information content (AvgIpc) is 2.34. The standard InChI is InChI=1S/C12H9Cl2N3O2/c13-8-3-10(14)12(15-6-8)17-16-5-7-1-2-9(18)4-11(7)19/h1-6,18-19H,(H,15,17)/b16-5+. The molecule has 2 aromatic rings. The molecular weight excluding hydrogens is 289 g/mol. The molecule has 0 unspecified atom stereocenters. The van der Waals surface area contributed by atoms with E-state index in [1.807, 2.05) is 0 Å². The van der Waals surface area contributed by atoms with E-state index in [4.69, 9.17) is 28.3 Å². The number of rotatable bonds is 3. The molecule has 5 nitrogen and oxygen atoms in total. The fraction of sp³-hybridized carbons (Fsp3) is 0. The maximum atomic E-state index is 9.54. The fourth-order valence-corrected chi connectivity index (χ4v) is 1.72. The third-order valence-corrected chi connectivity index (χ3v) is 2.69. The molecule has 2 rings (SSSR count). The minimum Gasteiger partial charge on any atom is -0.508 e. The minimum atomic E-state index is -0.0827. The van der Waals surface area contributed by atoms with Crippen molar-refractivity contribution in [1.82, 2.24) is 4.98 Å². The summed E-state index contributed by atoms with van der Waals surface area (Å²) in [4.78, 5) is 3.95. The van der Waals surface area contributed by atoms with Crippen LogP contribution in [0, 0.1) is 0 Å². The van der Waals surface area contributed by atoms with E-state index >= 15 is 0 Å². The topological polar surface area (TPSA) is 77.7 Å². The van der Waals surface area contributed by atoms with E-state index in [1.165, 1.54) is 36.7 Å². The van der Waals surface area contributed by atoms with Crippen molar-refractivity contribution in [3.63, 3.8) is 0 Å². The van der Waals surface area contributed by atoms with Crippen LogP contribution in [-0.2, 0) is 0 Å². The number of hydrogen-bond acceptors (Lipinski definition) is 5. The predicted molar refractivity (Wildman–Crippen MR) is 75.2 cm³/mol. The third-order valence-electron chi connectivity index (χ3n) is 2.20. The molecule has 0 bridgehead atoms. The van der Waals surface area contributed by atoms with E-state index in [2.05, 4.69) is 15.5 Å². The molecule has 0 aliphatic carbocycles. The second-order valence-corrected chi connectivity index (χ2v) is 4.44. The summed E-state index contributed by atoms with van der Waals surface area (Å²) in [5, 5.41) is 23.3. The molecule has 0 radical (unpaired) electrons. The van der Waals surface area contributed by atoms with Gasteiger partial charge in [0.05, 0.1) is 16.3 Å². The summed E-state index contributed by atoms with van der Waals surface area (Å²) >= 11 is 11.6. The normalized spacial score (nSPS) is 10.8. The van der Waals surface area contributed by atoms with Crippen molar-refractivity contribution in [1.29, 1.82) is 0 Å². The van der Waals surface area contributed by atoms with Crippen LogP contribution in [0.1, 0.15) is 5.56 Å². The molecule has 0 saturated carbocycles. The van der Waals surface area contributed by atoms with Gasteiger partial charge in [-0.1, -0.05) is 23.2 Å². The highest BCUT2D eigenvalue weighted by Gasteiger charge is 2.02. The number of aromatic nitrogens is 1. The Bertz CT molecular complexity index is 632. The number of halogens is 2. The van der Waals surface area contributed by atoms with Gasteiger partial charge in [0, 0.05) is 17.8 Å². The highest BCUT2D eigenvalue weighted by atomic mass is 35.5. The number of hydrogen-bond donors (Lipinski definition) is 3. The zero-order valence-electron chi connectivity index (χ0n) is 9.51. The molecule has 1 aromatic carbocycles. The lowest BCUT2D eigenvalue weighted by atomic mass is 10.2. The molecule has 7 heteroatoms. The number of nitrogens with zero attached hydrogens (tertiary/aromatic N) is 2. The molecule has 3 N–H and O–H groups in total. The summed E-state index contributed by atoms with van der Waals surface area (Å²) in [6, 6.07) is 5.71. The van der Waals surface area contributed by atoms with Crippen molar-refractivity contribution >= 4 is 35.2 Å². The monoisotopic (exact) mass is 297 g/mol. The Kier molecular flexibility index (Phi) is 4.09. The molecular formula is C12H9Cl2N3O2. The quantitative estimate of drug-likeness (QED) is 0.600. The van der Waals surface area contributed by atoms with E-state index < -0.39 is 0 Å². The van der Waals surface area contributed by atoms with Gasteiger partial charge in [-0.15, -0.1) is 0 Å². The lowest BCUT2D eigenvalue weighted by molar-refractivity contribution is 0.450. The Hall–Kier alpha value is -1.98. The van der Waals surface area contributed by atoms with Crippen LogP contribution in [0.4, 0.5) is 5.82 Å². The fourth-order valence-electron chi connectivity index (χ4n) is 1.30. The van der Waals surface area contributed by atoms with E-state index in [0.717, 1.165) is 0 Å². The lowest BCUT2D eigenvalue weighted by Gasteiger charge is -2.02. The molecule has 19 heavy (non-hydrogen) atoms. The van der Waals surface area contributed by atoms with Crippen molar-refractivity contribution in [3.8, 4) is 11.5 Å². The van der Waals surface area contributed by atoms with Gasteiger partial charge in [-0.25, -0.2) is 4.98 Å². The van der Waals surface area contributed by atoms with Crippen LogP contribution in [0.15, 0.2) is 35.6 Å². The number of hydrazone groups is 1. The Morgan fingerprint density at radius 2 is 2.00 bits per heavy atom. The molecule has 0 atom stereocenters. The predicted octanol–water partition coefficient (Wildman–Crippen LogP) is 3.25. The maximum absolute atomic E-state index is 9.54. The molecule has 0 saturated heterocycles. The number of benzene rings is 1. The molecule has 1 aromatic heterocycles. The largest absolute Gasteiger partial charge is 0.508 e. The zero-order valence-corrected chi connectivity index (χ0v) is 11.0. The van der Waals surface area contributed by atoms with E-state index in [1.54, 1.807) is 0 Å². The van der Waals surface area contributed by atoms with Crippen molar-refractivity contribution in [2.24, 2.45) is 5.10 Å². The number of phenols is 2. The first-order chi connectivity index (χ1) is 9.06. The molecule has 0 fully saturated rings. The summed E-state index contributed by atoms with van der Waals surface area (Å²) < 4.78 is 0. The third kappa shape index (κ3) is 3.49. The molecule has 0 spiro atoms. The molecule has 0 aliphatic heterocycles. The molecule has 1 heterocycles. The highest BCUT2D eigenvalue weighted by molar-refractivity contribution is 6.35. The number of nitrogens with one attached hydrogen (secondary N) is 1. The van der Waals surface area contributed by atoms with Gasteiger partial charge < -0.3 is 10.2 Å². The SMILES string of the molecule is Oc1ccc(/C=N/Nc2ncc(Cl)cc2Cl)c(O)c1. The maximum Gasteiger partial charge on any atom is 0.165 e. The summed E-state index contributed by atoms with van der Waals surface area (Å²) in [7, 11) is 0. The van der Waals surface area contributed by atoms with Gasteiger partial charge in [0.15, 0.2) is 5.82 Å². The van der Waals surface area contributed by atoms with Crippen molar-refractivity contribution in [3.05, 3.63) is 46.1 Å². The highest BCUT2D eigenvalue weighted by Crippen LogP contribution is 2.23. The minimum absolute atomic E-state index is 0.0231. The lowest BCUT2D eigenvalue weighted by Crippen LogP contribution is -1.94. The van der Waals surface area contributed by atoms with Crippen LogP contribution in [0.5, 0.6) is 11.5 Å². The first-order valence-corrected chi connectivity index (χ1v) is 5.94. The van der Waals surface area contributed by atoms with Crippen molar-refractivity contribution in [2.75, 3.05) is 5.43 Å². The van der Waals surface area contributed by atoms with Gasteiger partial charge in [-0.05, 0) is 18.2 Å². The van der Waals surface area contributed by atoms with E-state index in [9.17, 15) is 5.11 Å². The van der Waals surface area contributed by atoms with Crippen LogP contribution in [-0.4, -0.2) is 21.4 Å². The van der Waals surface area contributed by atoms with Crippen LogP contribution in [0.25, 0.3) is 0 Å². The van der Waals surface area contributed by atoms with Gasteiger partial charge in [0.25, 0.3) is 0 Å². The van der Waals surface area contributed by atoms with Gasteiger partial charge in [-0.3, -0.25) is 5.43 Å². The molecule has 0 amide bonds. The second-order valence-electron chi connectivity index (χ2n) is 3.60. The summed E-state index contributed by atoms with van der Waals surface area (Å²) in [6.45, 7) is 0. The number of anilines is 1. The van der Waals surface area contributed by atoms with Gasteiger partial charge in [0.1, 0.15) is 11.5 Å². The average molecular weight is 298 g/mol. The van der Waals surface area contributed by atoms with Crippen LogP contribution >= 0.6 is 23.2 Å². The molecule has 0 aliphatic rings. The zero-order chi connectivity index (χ0) is 13.8. The Labute approximate surface area is 119 Å². The van der Waals surface area contributed by atoms with Gasteiger partial charge in [-0.2, -0.15) is 5.10 Å².